The van der Waals surface area contributed by atoms with Crippen molar-refractivity contribution < 1.29 is 27.5 Å². The Morgan fingerprint density at radius 2 is 1.71 bits per heavy atom. The monoisotopic (exact) mass is 465 g/mol. The van der Waals surface area contributed by atoms with Crippen LogP contribution < -0.4 is 4.74 Å². The molecular weight excluding hydrogens is 442 g/mol. The molecule has 0 unspecified atom stereocenters. The number of rotatable bonds is 7. The highest BCUT2D eigenvalue weighted by Gasteiger charge is 2.28. The number of halogens is 1. The van der Waals surface area contributed by atoms with Crippen LogP contribution in [0.3, 0.4) is 0 Å². The number of methoxy groups -OCH3 is 1. The van der Waals surface area contributed by atoms with Crippen molar-refractivity contribution in [2.24, 2.45) is 0 Å². The number of esters is 1. The summed E-state index contributed by atoms with van der Waals surface area (Å²) in [6.07, 6.45) is 3.52. The fourth-order valence-corrected chi connectivity index (χ4v) is 5.36. The Morgan fingerprint density at radius 3 is 2.39 bits per heavy atom. The summed E-state index contributed by atoms with van der Waals surface area (Å²) >= 11 is 6.16. The van der Waals surface area contributed by atoms with Crippen molar-refractivity contribution in [3.05, 3.63) is 58.6 Å². The van der Waals surface area contributed by atoms with Gasteiger partial charge in [0.25, 0.3) is 0 Å². The zero-order valence-corrected chi connectivity index (χ0v) is 18.7. The quantitative estimate of drug-likeness (QED) is 0.454. The molecule has 9 heteroatoms. The van der Waals surface area contributed by atoms with E-state index in [9.17, 15) is 18.0 Å². The van der Waals surface area contributed by atoms with Gasteiger partial charge in [0.15, 0.2) is 12.4 Å². The Hall–Kier alpha value is -2.42. The van der Waals surface area contributed by atoms with Crippen LogP contribution in [0.4, 0.5) is 0 Å². The van der Waals surface area contributed by atoms with E-state index in [-0.39, 0.29) is 15.5 Å². The van der Waals surface area contributed by atoms with E-state index >= 15 is 0 Å². The summed E-state index contributed by atoms with van der Waals surface area (Å²) < 4.78 is 37.7. The van der Waals surface area contributed by atoms with Crippen LogP contribution in [0.15, 0.2) is 47.4 Å². The van der Waals surface area contributed by atoms with E-state index in [1.807, 2.05) is 0 Å². The van der Waals surface area contributed by atoms with E-state index in [1.165, 1.54) is 29.6 Å². The minimum atomic E-state index is -3.84. The number of carbonyl (C=O) groups is 2. The van der Waals surface area contributed by atoms with Gasteiger partial charge in [-0.25, -0.2) is 13.2 Å². The first-order chi connectivity index (χ1) is 14.8. The standard InChI is InChI=1S/C22H24ClNO6S/c1-29-18-8-6-7-16(13-18)20(25)15-30-22(26)17-9-10-19(23)21(14-17)31(27,28)24-11-4-2-3-5-12-24/h6-10,13-14H,2-5,11-12,15H2,1H3. The summed E-state index contributed by atoms with van der Waals surface area (Å²) in [5.41, 5.74) is 0.351. The third kappa shape index (κ3) is 5.64. The Morgan fingerprint density at radius 1 is 1.00 bits per heavy atom. The summed E-state index contributed by atoms with van der Waals surface area (Å²) in [6, 6.07) is 10.4. The summed E-state index contributed by atoms with van der Waals surface area (Å²) in [6.45, 7) is 0.355. The van der Waals surface area contributed by atoms with Gasteiger partial charge in [-0.2, -0.15) is 4.31 Å². The van der Waals surface area contributed by atoms with Gasteiger partial charge in [-0.15, -0.1) is 0 Å². The first kappa shape index (κ1) is 23.2. The molecule has 1 aliphatic rings. The summed E-state index contributed by atoms with van der Waals surface area (Å²) in [4.78, 5) is 24.7. The summed E-state index contributed by atoms with van der Waals surface area (Å²) in [5, 5.41) is 0.0354. The average molecular weight is 466 g/mol. The number of ether oxygens (including phenoxy) is 2. The Kier molecular flexibility index (Phi) is 7.69. The maximum atomic E-state index is 13.1. The molecule has 0 atom stereocenters. The molecule has 0 aromatic heterocycles. The highest BCUT2D eigenvalue weighted by Crippen LogP contribution is 2.28. The Labute approximate surface area is 187 Å². The molecule has 1 aliphatic heterocycles. The first-order valence-electron chi connectivity index (χ1n) is 9.97. The van der Waals surface area contributed by atoms with Crippen LogP contribution >= 0.6 is 11.6 Å². The van der Waals surface area contributed by atoms with Gasteiger partial charge in [-0.1, -0.05) is 36.6 Å². The normalized spacial score (nSPS) is 15.2. The minimum absolute atomic E-state index is 0.0104. The number of Topliss-reactive ketones (excluding diaryl/α,β-unsaturated/α-hetero) is 1. The fraction of sp³-hybridized carbons (Fsp3) is 0.364. The molecule has 0 bridgehead atoms. The molecule has 31 heavy (non-hydrogen) atoms. The van der Waals surface area contributed by atoms with E-state index in [2.05, 4.69) is 0 Å². The molecule has 1 fully saturated rings. The van der Waals surface area contributed by atoms with E-state index < -0.39 is 28.4 Å². The van der Waals surface area contributed by atoms with Gasteiger partial charge in [0, 0.05) is 18.7 Å². The molecule has 0 saturated carbocycles. The van der Waals surface area contributed by atoms with Crippen LogP contribution in [0.5, 0.6) is 5.75 Å². The molecular formula is C22H24ClNO6S. The van der Waals surface area contributed by atoms with Crippen molar-refractivity contribution in [2.45, 2.75) is 30.6 Å². The molecule has 7 nitrogen and oxygen atoms in total. The summed E-state index contributed by atoms with van der Waals surface area (Å²) in [5.74, 6) is -0.697. The van der Waals surface area contributed by atoms with Crippen molar-refractivity contribution in [1.29, 1.82) is 0 Å². The smallest absolute Gasteiger partial charge is 0.338 e. The Balaban J connectivity index is 1.74. The molecule has 2 aromatic rings. The number of sulfonamides is 1. The number of hydrogen-bond donors (Lipinski definition) is 0. The zero-order chi connectivity index (χ0) is 22.4. The van der Waals surface area contributed by atoms with Crippen LogP contribution in [-0.2, 0) is 14.8 Å². The topological polar surface area (TPSA) is 90.0 Å². The van der Waals surface area contributed by atoms with Crippen LogP contribution in [0.1, 0.15) is 46.4 Å². The lowest BCUT2D eigenvalue weighted by Crippen LogP contribution is -2.32. The number of hydrogen-bond acceptors (Lipinski definition) is 6. The van der Waals surface area contributed by atoms with Gasteiger partial charge < -0.3 is 9.47 Å². The molecule has 166 valence electrons. The molecule has 3 rings (SSSR count). The molecule has 2 aromatic carbocycles. The first-order valence-corrected chi connectivity index (χ1v) is 11.8. The van der Waals surface area contributed by atoms with E-state index in [4.69, 9.17) is 21.1 Å². The molecule has 1 heterocycles. The second-order valence-electron chi connectivity index (χ2n) is 7.19. The van der Waals surface area contributed by atoms with Crippen molar-refractivity contribution in [1.82, 2.24) is 4.31 Å². The highest BCUT2D eigenvalue weighted by molar-refractivity contribution is 7.89. The van der Waals surface area contributed by atoms with Crippen molar-refractivity contribution >= 4 is 33.4 Å². The maximum absolute atomic E-state index is 13.1. The number of carbonyl (C=O) groups excluding carboxylic acids is 2. The lowest BCUT2D eigenvalue weighted by Gasteiger charge is -2.21. The van der Waals surface area contributed by atoms with Crippen molar-refractivity contribution in [3.8, 4) is 5.75 Å². The van der Waals surface area contributed by atoms with Gasteiger partial charge in [-0.3, -0.25) is 4.79 Å². The van der Waals surface area contributed by atoms with Gasteiger partial charge in [0.05, 0.1) is 17.7 Å². The minimum Gasteiger partial charge on any atom is -0.497 e. The van der Waals surface area contributed by atoms with Crippen molar-refractivity contribution in [2.75, 3.05) is 26.8 Å². The Bertz CT molecular complexity index is 1060. The molecule has 0 radical (unpaired) electrons. The maximum Gasteiger partial charge on any atom is 0.338 e. The average Bonchev–Trinajstić information content (AvgIpc) is 3.07. The van der Waals surface area contributed by atoms with Gasteiger partial charge in [0.1, 0.15) is 10.6 Å². The second kappa shape index (κ2) is 10.3. The number of nitrogens with zero attached hydrogens (tertiary/aromatic N) is 1. The van der Waals surface area contributed by atoms with Crippen molar-refractivity contribution in [3.63, 3.8) is 0 Å². The fourth-order valence-electron chi connectivity index (χ4n) is 3.34. The van der Waals surface area contributed by atoms with Crippen LogP contribution in [0, 0.1) is 0 Å². The molecule has 1 saturated heterocycles. The number of ketones is 1. The van der Waals surface area contributed by atoms with Crippen LogP contribution in [0.2, 0.25) is 5.02 Å². The third-order valence-electron chi connectivity index (χ3n) is 5.08. The van der Waals surface area contributed by atoms with Crippen LogP contribution in [0.25, 0.3) is 0 Å². The molecule has 0 aliphatic carbocycles. The predicted molar refractivity (Wildman–Crippen MR) is 116 cm³/mol. The van der Waals surface area contributed by atoms with Crippen LogP contribution in [-0.4, -0.2) is 51.3 Å². The lowest BCUT2D eigenvalue weighted by molar-refractivity contribution is 0.0474. The third-order valence-corrected chi connectivity index (χ3v) is 7.46. The van der Waals surface area contributed by atoms with Gasteiger partial charge in [-0.05, 0) is 43.2 Å². The van der Waals surface area contributed by atoms with E-state index in [1.54, 1.807) is 24.3 Å². The zero-order valence-electron chi connectivity index (χ0n) is 17.2. The van der Waals surface area contributed by atoms with Gasteiger partial charge >= 0.3 is 5.97 Å². The predicted octanol–water partition coefficient (Wildman–Crippen LogP) is 3.95. The summed E-state index contributed by atoms with van der Waals surface area (Å²) in [7, 11) is -2.35. The second-order valence-corrected chi connectivity index (χ2v) is 9.51. The highest BCUT2D eigenvalue weighted by atomic mass is 35.5. The van der Waals surface area contributed by atoms with E-state index in [0.717, 1.165) is 25.7 Å². The largest absolute Gasteiger partial charge is 0.497 e. The molecule has 0 amide bonds. The number of benzene rings is 2. The molecule has 0 spiro atoms. The molecule has 0 N–H and O–H groups in total. The SMILES string of the molecule is COc1cccc(C(=O)COC(=O)c2ccc(Cl)c(S(=O)(=O)N3CCCCCC3)c2)c1. The lowest BCUT2D eigenvalue weighted by atomic mass is 10.1. The van der Waals surface area contributed by atoms with E-state index in [0.29, 0.717) is 24.4 Å². The van der Waals surface area contributed by atoms with Gasteiger partial charge in [0.2, 0.25) is 10.0 Å².